The molecular weight excluding hydrogens is 192 g/mol. The van der Waals surface area contributed by atoms with Crippen molar-refractivity contribution >= 4 is 5.97 Å². The maximum Gasteiger partial charge on any atom is 0.303 e. The Morgan fingerprint density at radius 1 is 1.40 bits per heavy atom. The lowest BCUT2D eigenvalue weighted by molar-refractivity contribution is -0.147. The minimum absolute atomic E-state index is 0.0105. The number of esters is 1. The third-order valence-corrected chi connectivity index (χ3v) is 2.48. The third-order valence-electron chi connectivity index (χ3n) is 2.48. The monoisotopic (exact) mass is 206 g/mol. The average molecular weight is 206 g/mol. The van der Waals surface area contributed by atoms with Crippen molar-refractivity contribution in [1.82, 2.24) is 0 Å². The predicted molar refractivity (Wildman–Crippen MR) is 55.3 cm³/mol. The van der Waals surface area contributed by atoms with Crippen LogP contribution < -0.4 is 0 Å². The predicted octanol–water partition coefficient (Wildman–Crippen LogP) is 2.08. The summed E-state index contributed by atoms with van der Waals surface area (Å²) in [5, 5.41) is 0. The lowest BCUT2D eigenvalue weighted by Gasteiger charge is -2.14. The molecule has 1 aromatic rings. The van der Waals surface area contributed by atoms with Gasteiger partial charge in [0, 0.05) is 6.92 Å². The zero-order chi connectivity index (χ0) is 10.8. The molecule has 0 radical (unpaired) electrons. The Hall–Kier alpha value is -1.35. The van der Waals surface area contributed by atoms with E-state index in [0.717, 1.165) is 5.56 Å². The molecule has 2 rings (SSSR count). The van der Waals surface area contributed by atoms with E-state index in [-0.39, 0.29) is 24.3 Å². The molecule has 15 heavy (non-hydrogen) atoms. The summed E-state index contributed by atoms with van der Waals surface area (Å²) in [6.45, 7) is 3.40. The van der Waals surface area contributed by atoms with E-state index in [4.69, 9.17) is 9.47 Å². The Labute approximate surface area is 89.0 Å². The molecule has 0 N–H and O–H groups in total. The number of rotatable bonds is 3. The molecule has 0 saturated carbocycles. The van der Waals surface area contributed by atoms with Gasteiger partial charge in [0.15, 0.2) is 6.10 Å². The van der Waals surface area contributed by atoms with E-state index in [1.54, 1.807) is 0 Å². The van der Waals surface area contributed by atoms with Crippen LogP contribution >= 0.6 is 0 Å². The fraction of sp³-hybridized carbons (Fsp3) is 0.417. The van der Waals surface area contributed by atoms with Gasteiger partial charge in [-0.1, -0.05) is 30.3 Å². The molecule has 0 unspecified atom stereocenters. The van der Waals surface area contributed by atoms with Crippen LogP contribution in [0.25, 0.3) is 0 Å². The van der Waals surface area contributed by atoms with Crippen molar-refractivity contribution in [3.63, 3.8) is 0 Å². The number of hydrogen-bond acceptors (Lipinski definition) is 3. The number of epoxide rings is 1. The normalized spacial score (nSPS) is 25.7. The molecule has 1 aromatic carbocycles. The van der Waals surface area contributed by atoms with Crippen LogP contribution in [0.5, 0.6) is 0 Å². The van der Waals surface area contributed by atoms with Crippen LogP contribution in [0.3, 0.4) is 0 Å². The van der Waals surface area contributed by atoms with Crippen LogP contribution in [0, 0.1) is 0 Å². The second kappa shape index (κ2) is 4.03. The highest BCUT2D eigenvalue weighted by molar-refractivity contribution is 5.66. The lowest BCUT2D eigenvalue weighted by atomic mass is 10.1. The maximum absolute atomic E-state index is 11.0. The number of carbonyl (C=O) groups excluding carboxylic acids is 1. The number of hydrogen-bond donors (Lipinski definition) is 0. The molecule has 3 nitrogen and oxygen atoms in total. The highest BCUT2D eigenvalue weighted by Crippen LogP contribution is 2.36. The molecule has 80 valence electrons. The van der Waals surface area contributed by atoms with Gasteiger partial charge in [0.25, 0.3) is 0 Å². The molecule has 0 amide bonds. The minimum Gasteiger partial charge on any atom is -0.455 e. The first-order valence-electron chi connectivity index (χ1n) is 5.06. The fourth-order valence-electron chi connectivity index (χ4n) is 1.67. The van der Waals surface area contributed by atoms with Gasteiger partial charge in [0.1, 0.15) is 6.10 Å². The summed E-state index contributed by atoms with van der Waals surface area (Å²) >= 11 is 0. The van der Waals surface area contributed by atoms with E-state index in [1.807, 2.05) is 37.3 Å². The molecule has 1 saturated heterocycles. The van der Waals surface area contributed by atoms with E-state index >= 15 is 0 Å². The zero-order valence-electron chi connectivity index (χ0n) is 8.84. The highest BCUT2D eigenvalue weighted by Gasteiger charge is 2.44. The van der Waals surface area contributed by atoms with Crippen molar-refractivity contribution in [3.05, 3.63) is 35.9 Å². The van der Waals surface area contributed by atoms with Crippen molar-refractivity contribution in [3.8, 4) is 0 Å². The van der Waals surface area contributed by atoms with E-state index < -0.39 is 0 Å². The summed E-state index contributed by atoms with van der Waals surface area (Å²) in [5.41, 5.74) is 0.988. The largest absolute Gasteiger partial charge is 0.455 e. The van der Waals surface area contributed by atoms with Crippen molar-refractivity contribution in [1.29, 1.82) is 0 Å². The maximum atomic E-state index is 11.0. The number of carbonyl (C=O) groups is 1. The van der Waals surface area contributed by atoms with E-state index in [0.29, 0.717) is 0 Å². The summed E-state index contributed by atoms with van der Waals surface area (Å²) in [6, 6.07) is 9.69. The third kappa shape index (κ3) is 2.36. The first-order valence-corrected chi connectivity index (χ1v) is 5.06. The Morgan fingerprint density at radius 3 is 2.47 bits per heavy atom. The van der Waals surface area contributed by atoms with Gasteiger partial charge in [-0.3, -0.25) is 4.79 Å². The van der Waals surface area contributed by atoms with Crippen molar-refractivity contribution in [2.75, 3.05) is 0 Å². The smallest absolute Gasteiger partial charge is 0.303 e. The molecule has 1 aliphatic rings. The van der Waals surface area contributed by atoms with E-state index in [1.165, 1.54) is 6.92 Å². The first kappa shape index (κ1) is 10.2. The molecule has 0 aliphatic carbocycles. The zero-order valence-corrected chi connectivity index (χ0v) is 8.84. The van der Waals surface area contributed by atoms with Crippen LogP contribution in [-0.2, 0) is 14.3 Å². The van der Waals surface area contributed by atoms with Gasteiger partial charge in [-0.2, -0.15) is 0 Å². The van der Waals surface area contributed by atoms with Gasteiger partial charge in [-0.15, -0.1) is 0 Å². The Bertz CT molecular complexity index is 347. The van der Waals surface area contributed by atoms with Crippen molar-refractivity contribution < 1.29 is 14.3 Å². The average Bonchev–Trinajstić information content (AvgIpc) is 2.93. The molecule has 0 bridgehead atoms. The summed E-state index contributed by atoms with van der Waals surface area (Å²) in [7, 11) is 0. The molecule has 0 aromatic heterocycles. The summed E-state index contributed by atoms with van der Waals surface area (Å²) in [5.74, 6) is -0.272. The van der Waals surface area contributed by atoms with E-state index in [2.05, 4.69) is 0 Å². The van der Waals surface area contributed by atoms with Crippen LogP contribution in [-0.4, -0.2) is 18.2 Å². The van der Waals surface area contributed by atoms with Gasteiger partial charge in [-0.05, 0) is 12.5 Å². The summed E-state index contributed by atoms with van der Waals surface area (Å²) < 4.78 is 10.6. The molecule has 1 fully saturated rings. The molecule has 1 aliphatic heterocycles. The fourth-order valence-corrected chi connectivity index (χ4v) is 1.67. The van der Waals surface area contributed by atoms with Gasteiger partial charge < -0.3 is 9.47 Å². The van der Waals surface area contributed by atoms with E-state index in [9.17, 15) is 4.79 Å². The Morgan fingerprint density at radius 2 is 2.00 bits per heavy atom. The van der Waals surface area contributed by atoms with Crippen LogP contribution in [0.1, 0.15) is 25.5 Å². The number of benzene rings is 1. The first-order chi connectivity index (χ1) is 7.18. The second-order valence-electron chi connectivity index (χ2n) is 3.75. The van der Waals surface area contributed by atoms with Crippen LogP contribution in [0.15, 0.2) is 30.3 Å². The second-order valence-corrected chi connectivity index (χ2v) is 3.75. The standard InChI is InChI=1S/C12H14O3/c1-8-11(14-8)12(15-9(2)13)10-6-4-3-5-7-10/h3-8,11-12H,1-2H3/t8-,11+,12+/m1/s1. The van der Waals surface area contributed by atoms with Gasteiger partial charge in [0.2, 0.25) is 0 Å². The van der Waals surface area contributed by atoms with Gasteiger partial charge >= 0.3 is 5.97 Å². The topological polar surface area (TPSA) is 38.8 Å². The Kier molecular flexibility index (Phi) is 2.73. The minimum atomic E-state index is -0.272. The molecule has 3 heteroatoms. The van der Waals surface area contributed by atoms with Crippen LogP contribution in [0.2, 0.25) is 0 Å². The van der Waals surface area contributed by atoms with Crippen LogP contribution in [0.4, 0.5) is 0 Å². The molecule has 0 spiro atoms. The molecule has 3 atom stereocenters. The van der Waals surface area contributed by atoms with Crippen molar-refractivity contribution in [2.24, 2.45) is 0 Å². The van der Waals surface area contributed by atoms with Crippen molar-refractivity contribution in [2.45, 2.75) is 32.2 Å². The van der Waals surface area contributed by atoms with Gasteiger partial charge in [0.05, 0.1) is 6.10 Å². The molecule has 1 heterocycles. The quantitative estimate of drug-likeness (QED) is 0.561. The lowest BCUT2D eigenvalue weighted by Crippen LogP contribution is -2.15. The highest BCUT2D eigenvalue weighted by atomic mass is 16.6. The summed E-state index contributed by atoms with van der Waals surface area (Å²) in [4.78, 5) is 11.0. The van der Waals surface area contributed by atoms with Gasteiger partial charge in [-0.25, -0.2) is 0 Å². The Balaban J connectivity index is 2.15. The SMILES string of the molecule is CC(=O)O[C@@H](c1ccccc1)[C@H]1O[C@@H]1C. The number of ether oxygens (including phenoxy) is 2. The summed E-state index contributed by atoms with van der Waals surface area (Å²) in [6.07, 6.45) is -0.0791. The molecular formula is C12H14O3.